The zero-order valence-electron chi connectivity index (χ0n) is 26.7. The van der Waals surface area contributed by atoms with Crippen LogP contribution in [0.4, 0.5) is 0 Å². The van der Waals surface area contributed by atoms with Gasteiger partial charge in [-0.25, -0.2) is 0 Å². The molecule has 1 heteroatoms. The molecule has 0 heterocycles. The average Bonchev–Trinajstić information content (AvgIpc) is 3.68. The molecule has 0 N–H and O–H groups in total. The summed E-state index contributed by atoms with van der Waals surface area (Å²) in [4.78, 5) is 0. The first-order valence-corrected chi connectivity index (χ1v) is 29.2. The van der Waals surface area contributed by atoms with Gasteiger partial charge in [-0.15, -0.1) is 0 Å². The Morgan fingerprint density at radius 1 is 0.659 bits per heavy atom. The maximum absolute atomic E-state index is 4.24. The molecular weight excluding hydrogens is 659 g/mol. The summed E-state index contributed by atoms with van der Waals surface area (Å²) in [5, 5.41) is 0. The molecule has 3 aromatic rings. The number of benzene rings is 3. The van der Waals surface area contributed by atoms with Crippen molar-refractivity contribution in [1.82, 2.24) is 0 Å². The third-order valence-corrected chi connectivity index (χ3v) is 37.1. The summed E-state index contributed by atoms with van der Waals surface area (Å²) in [7, 11) is 0. The van der Waals surface area contributed by atoms with E-state index in [1.54, 1.807) is 11.1 Å². The molecule has 0 amide bonds. The van der Waals surface area contributed by atoms with E-state index in [4.69, 9.17) is 0 Å². The van der Waals surface area contributed by atoms with Crippen molar-refractivity contribution >= 4 is 3.26 Å². The summed E-state index contributed by atoms with van der Waals surface area (Å²) in [6, 6.07) is 26.7. The van der Waals surface area contributed by atoms with E-state index in [9.17, 15) is 0 Å². The van der Waals surface area contributed by atoms with E-state index < -0.39 is 18.0 Å². The van der Waals surface area contributed by atoms with E-state index in [1.165, 1.54) is 53.5 Å². The predicted octanol–water partition coefficient (Wildman–Crippen LogP) is 11.5. The summed E-state index contributed by atoms with van der Waals surface area (Å²) < 4.78 is 8.57. The quantitative estimate of drug-likeness (QED) is 0.237. The molecule has 6 rings (SSSR count). The molecule has 0 unspecified atom stereocenters. The molecule has 0 saturated heterocycles. The SMILES string of the molecule is CC(C)(C)c1ccc2c(c1)[CH]([Hf]([CH3])([CH3])(=[C](c1ccccc1)C1CCCC1)[CH]1C=CC=C1)c1cc(C(C)(C)C)ccc1-2. The van der Waals surface area contributed by atoms with Crippen LogP contribution in [0.25, 0.3) is 11.1 Å². The molecular formula is C40H50Hf. The second kappa shape index (κ2) is 9.97. The van der Waals surface area contributed by atoms with Crippen molar-refractivity contribution in [1.29, 1.82) is 0 Å². The fourth-order valence-electron chi connectivity index (χ4n) is 8.87. The Labute approximate surface area is 250 Å². The van der Waals surface area contributed by atoms with Crippen LogP contribution in [-0.2, 0) is 28.8 Å². The van der Waals surface area contributed by atoms with Gasteiger partial charge in [0.25, 0.3) is 0 Å². The zero-order chi connectivity index (χ0) is 29.2. The summed E-state index contributed by atoms with van der Waals surface area (Å²) in [5.41, 5.74) is 10.9. The van der Waals surface area contributed by atoms with E-state index in [2.05, 4.69) is 142 Å². The van der Waals surface area contributed by atoms with Crippen LogP contribution in [0.1, 0.15) is 98.7 Å². The first-order valence-electron chi connectivity index (χ1n) is 16.1. The third kappa shape index (κ3) is 4.70. The molecule has 0 atom stereocenters. The molecule has 41 heavy (non-hydrogen) atoms. The van der Waals surface area contributed by atoms with Crippen molar-refractivity contribution in [3.8, 4) is 11.1 Å². The second-order valence-electron chi connectivity index (χ2n) is 16.2. The standard InChI is InChI=1S/C21H25.C12H14.C5H5.2CH3.Hf/c1-20(2,3)16-7-9-18-14(12-16)11-15-13-17(21(4,5)6)8-10-19(15)18;1-2-6-11(7-3-1)10-12-8-4-5-9-12;1-2-4-5-3-1;;;/h7-13H,1-6H3;1-3,6-7,12H,4-5,8-9H2;1-5H;2*1H3;. The number of hydrogen-bond donors (Lipinski definition) is 0. The van der Waals surface area contributed by atoms with Gasteiger partial charge in [0, 0.05) is 0 Å². The molecule has 0 aliphatic heterocycles. The molecule has 0 nitrogen and oxygen atoms in total. The van der Waals surface area contributed by atoms with Crippen LogP contribution in [0, 0.1) is 5.92 Å². The van der Waals surface area contributed by atoms with Gasteiger partial charge < -0.3 is 0 Å². The van der Waals surface area contributed by atoms with Gasteiger partial charge in [0.1, 0.15) is 0 Å². The first kappa shape index (κ1) is 29.0. The molecule has 0 aromatic heterocycles. The van der Waals surface area contributed by atoms with Crippen LogP contribution in [0.5, 0.6) is 0 Å². The normalized spacial score (nSPS) is 18.3. The predicted molar refractivity (Wildman–Crippen MR) is 177 cm³/mol. The van der Waals surface area contributed by atoms with Gasteiger partial charge in [0.15, 0.2) is 0 Å². The summed E-state index contributed by atoms with van der Waals surface area (Å²) >= 11 is -4.24. The molecule has 214 valence electrons. The Morgan fingerprint density at radius 3 is 1.61 bits per heavy atom. The molecule has 3 aromatic carbocycles. The Bertz CT molecular complexity index is 1530. The molecule has 3 aliphatic carbocycles. The summed E-state index contributed by atoms with van der Waals surface area (Å²) in [5.74, 6) is 0.689. The van der Waals surface area contributed by atoms with Crippen LogP contribution >= 0.6 is 0 Å². The van der Waals surface area contributed by atoms with Crippen LogP contribution in [-0.4, -0.2) is 3.26 Å². The molecule has 0 bridgehead atoms. The molecule has 0 spiro atoms. The van der Waals surface area contributed by atoms with Gasteiger partial charge in [-0.05, 0) is 0 Å². The molecule has 1 fully saturated rings. The van der Waals surface area contributed by atoms with Crippen LogP contribution in [0.3, 0.4) is 0 Å². The maximum atomic E-state index is 2.86. The van der Waals surface area contributed by atoms with Crippen molar-refractivity contribution in [2.75, 3.05) is 0 Å². The fraction of sp³-hybridized carbons (Fsp3) is 0.425. The second-order valence-corrected chi connectivity index (χ2v) is 41.4. The minimum absolute atomic E-state index is 0.114. The number of hydrogen-bond acceptors (Lipinski definition) is 0. The number of rotatable bonds is 4. The first-order chi connectivity index (χ1) is 19.3. The Morgan fingerprint density at radius 2 is 1.15 bits per heavy atom. The van der Waals surface area contributed by atoms with E-state index in [1.807, 2.05) is 3.26 Å². The Kier molecular flexibility index (Phi) is 7.05. The van der Waals surface area contributed by atoms with E-state index in [0.717, 1.165) is 0 Å². The number of fused-ring (bicyclic) bond motifs is 3. The molecule has 3 aliphatic rings. The van der Waals surface area contributed by atoms with Crippen molar-refractivity contribution in [3.63, 3.8) is 0 Å². The van der Waals surface area contributed by atoms with Gasteiger partial charge in [-0.2, -0.15) is 0 Å². The summed E-state index contributed by atoms with van der Waals surface area (Å²) in [6.07, 6.45) is 15.3. The third-order valence-electron chi connectivity index (χ3n) is 11.1. The minimum atomic E-state index is -4.24. The van der Waals surface area contributed by atoms with E-state index >= 15 is 0 Å². The van der Waals surface area contributed by atoms with E-state index in [0.29, 0.717) is 13.3 Å². The van der Waals surface area contributed by atoms with Gasteiger partial charge >= 0.3 is 252 Å². The van der Waals surface area contributed by atoms with E-state index in [-0.39, 0.29) is 10.8 Å². The Balaban J connectivity index is 1.79. The fourth-order valence-corrected chi connectivity index (χ4v) is 35.8. The van der Waals surface area contributed by atoms with Gasteiger partial charge in [0.2, 0.25) is 0 Å². The van der Waals surface area contributed by atoms with Gasteiger partial charge in [0.05, 0.1) is 0 Å². The van der Waals surface area contributed by atoms with Crippen LogP contribution in [0.15, 0.2) is 91.0 Å². The zero-order valence-corrected chi connectivity index (χ0v) is 30.3. The van der Waals surface area contributed by atoms with Crippen molar-refractivity contribution in [3.05, 3.63) is 119 Å². The van der Waals surface area contributed by atoms with Crippen LogP contribution in [0.2, 0.25) is 13.0 Å². The van der Waals surface area contributed by atoms with Gasteiger partial charge in [-0.1, -0.05) is 0 Å². The Hall–Kier alpha value is -2.12. The topological polar surface area (TPSA) is 0 Å². The van der Waals surface area contributed by atoms with Crippen molar-refractivity contribution in [2.24, 2.45) is 5.92 Å². The summed E-state index contributed by atoms with van der Waals surface area (Å²) in [6.45, 7) is 14.2. The number of allylic oxidation sites excluding steroid dienone is 4. The average molecular weight is 709 g/mol. The van der Waals surface area contributed by atoms with Crippen molar-refractivity contribution < 1.29 is 18.0 Å². The monoisotopic (exact) mass is 710 g/mol. The van der Waals surface area contributed by atoms with Crippen molar-refractivity contribution in [2.45, 2.75) is 94.8 Å². The molecule has 1 saturated carbocycles. The van der Waals surface area contributed by atoms with Gasteiger partial charge in [-0.3, -0.25) is 0 Å². The molecule has 0 radical (unpaired) electrons. The van der Waals surface area contributed by atoms with Crippen LogP contribution < -0.4 is 0 Å².